The van der Waals surface area contributed by atoms with E-state index in [0.717, 1.165) is 38.9 Å². The number of amidine groups is 1. The maximum absolute atomic E-state index is 13.5. The normalized spacial score (nSPS) is 20.7. The summed E-state index contributed by atoms with van der Waals surface area (Å²) in [6.45, 7) is 7.82. The molecule has 1 amide bonds. The second kappa shape index (κ2) is 12.0. The van der Waals surface area contributed by atoms with Crippen molar-refractivity contribution >= 4 is 23.8 Å². The van der Waals surface area contributed by atoms with Gasteiger partial charge in [0.25, 0.3) is 0 Å². The zero-order chi connectivity index (χ0) is 29.1. The predicted octanol–water partition coefficient (Wildman–Crippen LogP) is 3.87. The van der Waals surface area contributed by atoms with E-state index in [9.17, 15) is 31.1 Å². The molecular weight excluding hydrogens is 540 g/mol. The van der Waals surface area contributed by atoms with Crippen molar-refractivity contribution in [2.24, 2.45) is 15.7 Å². The summed E-state index contributed by atoms with van der Waals surface area (Å²) in [6.07, 6.45) is -4.83. The molecule has 1 aromatic rings. The second-order valence-corrected chi connectivity index (χ2v) is 9.83. The molecule has 14 heteroatoms. The van der Waals surface area contributed by atoms with Crippen molar-refractivity contribution in [3.05, 3.63) is 53.1 Å². The van der Waals surface area contributed by atoms with Crippen LogP contribution in [0.2, 0.25) is 0 Å². The van der Waals surface area contributed by atoms with Crippen LogP contribution < -0.4 is 11.2 Å². The topological polar surface area (TPSA) is 89.6 Å². The molecule has 3 heterocycles. The first-order chi connectivity index (χ1) is 18.9. The number of halogens is 6. The van der Waals surface area contributed by atoms with Gasteiger partial charge in [0, 0.05) is 31.7 Å². The summed E-state index contributed by atoms with van der Waals surface area (Å²) < 4.78 is 80.8. The maximum Gasteiger partial charge on any atom is 0.416 e. The van der Waals surface area contributed by atoms with Gasteiger partial charge in [0.1, 0.15) is 12.2 Å². The van der Waals surface area contributed by atoms with Crippen LogP contribution in [0.3, 0.4) is 0 Å². The first kappa shape index (κ1) is 29.6. The van der Waals surface area contributed by atoms with E-state index < -0.39 is 29.6 Å². The minimum absolute atomic E-state index is 0.0166. The molecule has 1 atom stereocenters. The Balaban J connectivity index is 1.40. The summed E-state index contributed by atoms with van der Waals surface area (Å²) in [5.41, 5.74) is 6.10. The highest BCUT2D eigenvalue weighted by Crippen LogP contribution is 2.39. The number of unbranched alkanes of at least 4 members (excludes halogenated alkanes) is 2. The quantitative estimate of drug-likeness (QED) is 0.281. The number of hydrazine groups is 1. The van der Waals surface area contributed by atoms with E-state index in [1.807, 2.05) is 0 Å². The molecule has 4 rings (SSSR count). The lowest BCUT2D eigenvalue weighted by Crippen LogP contribution is -2.41. The predicted molar refractivity (Wildman–Crippen MR) is 139 cm³/mol. The molecule has 1 unspecified atom stereocenters. The van der Waals surface area contributed by atoms with E-state index in [1.54, 1.807) is 9.91 Å². The standard InChI is InChI=1S/C26H31F6N7O/c1-2-20(40)38-9-6-8-37(11-12-38)7-4-3-5-10-39-24-21(23(33)34-16-35-24)22(36-39)17-13-18(25(27,28)29)15-19(14-17)26(30,31)32/h2,13-16,24,36H,1,3-12H2,(H2,33,34,35). The average molecular weight is 572 g/mol. The van der Waals surface area contributed by atoms with Gasteiger partial charge < -0.3 is 21.0 Å². The minimum Gasteiger partial charge on any atom is -0.383 e. The fourth-order valence-corrected chi connectivity index (χ4v) is 5.03. The van der Waals surface area contributed by atoms with Gasteiger partial charge >= 0.3 is 12.4 Å². The van der Waals surface area contributed by atoms with Gasteiger partial charge in [-0.25, -0.2) is 9.98 Å². The number of carbonyl (C=O) groups excluding carboxylic acids is 1. The van der Waals surface area contributed by atoms with Crippen LogP contribution in [0.15, 0.2) is 46.4 Å². The molecule has 3 aliphatic rings. The number of hydrogen-bond donors (Lipinski definition) is 2. The maximum atomic E-state index is 13.5. The summed E-state index contributed by atoms with van der Waals surface area (Å²) in [7, 11) is 0. The van der Waals surface area contributed by atoms with Gasteiger partial charge in [-0.15, -0.1) is 0 Å². The van der Waals surface area contributed by atoms with Crippen LogP contribution in [-0.2, 0) is 17.1 Å². The van der Waals surface area contributed by atoms with Gasteiger partial charge in [0.15, 0.2) is 6.17 Å². The molecule has 0 saturated carbocycles. The van der Waals surface area contributed by atoms with Gasteiger partial charge in [0.2, 0.25) is 5.91 Å². The van der Waals surface area contributed by atoms with Crippen LogP contribution in [0, 0.1) is 0 Å². The van der Waals surface area contributed by atoms with Crippen molar-refractivity contribution in [3.8, 4) is 0 Å². The van der Waals surface area contributed by atoms with Gasteiger partial charge in [-0.1, -0.05) is 13.0 Å². The smallest absolute Gasteiger partial charge is 0.383 e. The summed E-state index contributed by atoms with van der Waals surface area (Å²) in [5, 5.41) is 1.65. The summed E-state index contributed by atoms with van der Waals surface area (Å²) in [4.78, 5) is 24.1. The van der Waals surface area contributed by atoms with E-state index >= 15 is 0 Å². The van der Waals surface area contributed by atoms with E-state index in [1.165, 1.54) is 12.4 Å². The Morgan fingerprint density at radius 1 is 1.00 bits per heavy atom. The number of nitrogens with zero attached hydrogens (tertiary/aromatic N) is 5. The first-order valence-electron chi connectivity index (χ1n) is 12.9. The van der Waals surface area contributed by atoms with E-state index in [4.69, 9.17) is 5.73 Å². The molecule has 1 saturated heterocycles. The molecule has 1 fully saturated rings. The molecule has 3 N–H and O–H groups in total. The number of benzene rings is 1. The van der Waals surface area contributed by atoms with Crippen LogP contribution in [0.5, 0.6) is 0 Å². The van der Waals surface area contributed by atoms with Crippen LogP contribution >= 0.6 is 0 Å². The molecule has 3 aliphatic heterocycles. The van der Waals surface area contributed by atoms with Gasteiger partial charge in [0.05, 0.1) is 22.4 Å². The summed E-state index contributed by atoms with van der Waals surface area (Å²) >= 11 is 0. The number of alkyl halides is 6. The Bertz CT molecular complexity index is 1170. The largest absolute Gasteiger partial charge is 0.416 e. The Morgan fingerprint density at radius 3 is 2.33 bits per heavy atom. The SMILES string of the molecule is C=CC(=O)N1CCCN(CCCCCN2NC(c3cc(C(F)(F)F)cc(C(F)(F)F)c3)=C3C(N)=NC=NC32)CC1. The second-order valence-electron chi connectivity index (χ2n) is 9.83. The number of rotatable bonds is 8. The van der Waals surface area contributed by atoms with Crippen LogP contribution in [0.1, 0.15) is 42.4 Å². The molecule has 8 nitrogen and oxygen atoms in total. The van der Waals surface area contributed by atoms with Crippen LogP contribution in [0.25, 0.3) is 5.70 Å². The van der Waals surface area contributed by atoms with Crippen LogP contribution in [0.4, 0.5) is 26.3 Å². The third kappa shape index (κ3) is 6.84. The van der Waals surface area contributed by atoms with E-state index in [0.29, 0.717) is 38.2 Å². The fraction of sp³-hybridized carbons (Fsp3) is 0.500. The molecular formula is C26H31F6N7O. The Labute approximate surface area is 227 Å². The number of hydrogen-bond acceptors (Lipinski definition) is 7. The highest BCUT2D eigenvalue weighted by Gasteiger charge is 2.40. The molecule has 0 bridgehead atoms. The highest BCUT2D eigenvalue weighted by atomic mass is 19.4. The van der Waals surface area contributed by atoms with Crippen molar-refractivity contribution in [3.63, 3.8) is 0 Å². The zero-order valence-electron chi connectivity index (χ0n) is 21.7. The van der Waals surface area contributed by atoms with Gasteiger partial charge in [-0.05, 0) is 56.6 Å². The van der Waals surface area contributed by atoms with Gasteiger partial charge in [-0.2, -0.15) is 31.4 Å². The number of fused-ring (bicyclic) bond motifs is 1. The van der Waals surface area contributed by atoms with Crippen molar-refractivity contribution in [1.82, 2.24) is 20.2 Å². The number of nitrogens with one attached hydrogen (secondary N) is 1. The Morgan fingerprint density at radius 2 is 1.68 bits per heavy atom. The highest BCUT2D eigenvalue weighted by molar-refractivity contribution is 6.09. The molecule has 0 aromatic heterocycles. The molecule has 218 valence electrons. The first-order valence-corrected chi connectivity index (χ1v) is 12.9. The third-order valence-corrected chi connectivity index (χ3v) is 7.08. The summed E-state index contributed by atoms with van der Waals surface area (Å²) in [5.74, 6) is -0.0933. The molecule has 40 heavy (non-hydrogen) atoms. The molecule has 0 aliphatic carbocycles. The van der Waals surface area contributed by atoms with Crippen molar-refractivity contribution in [1.29, 1.82) is 0 Å². The molecule has 1 aromatic carbocycles. The average Bonchev–Trinajstić information content (AvgIpc) is 3.11. The van der Waals surface area contributed by atoms with Crippen molar-refractivity contribution in [2.45, 2.75) is 44.2 Å². The number of amides is 1. The summed E-state index contributed by atoms with van der Waals surface area (Å²) in [6, 6.07) is 1.43. The van der Waals surface area contributed by atoms with Crippen molar-refractivity contribution < 1.29 is 31.1 Å². The Hall–Kier alpha value is -3.39. The van der Waals surface area contributed by atoms with E-state index in [2.05, 4.69) is 26.9 Å². The Kier molecular flexibility index (Phi) is 8.88. The number of carbonyl (C=O) groups is 1. The van der Waals surface area contributed by atoms with Gasteiger partial charge in [-0.3, -0.25) is 4.79 Å². The number of aliphatic imine (C=N–C) groups is 2. The lowest BCUT2D eigenvalue weighted by atomic mass is 9.99. The zero-order valence-corrected chi connectivity index (χ0v) is 21.7. The lowest BCUT2D eigenvalue weighted by molar-refractivity contribution is -0.143. The third-order valence-electron chi connectivity index (χ3n) is 7.08. The lowest BCUT2D eigenvalue weighted by Gasteiger charge is -2.25. The molecule has 0 spiro atoms. The number of nitrogens with two attached hydrogens (primary N) is 1. The minimum atomic E-state index is -4.98. The van der Waals surface area contributed by atoms with Crippen LogP contribution in [-0.4, -0.2) is 78.3 Å². The molecule has 0 radical (unpaired) electrons. The fourth-order valence-electron chi connectivity index (χ4n) is 5.03. The monoisotopic (exact) mass is 571 g/mol. The van der Waals surface area contributed by atoms with E-state index in [-0.39, 0.29) is 34.6 Å². The van der Waals surface area contributed by atoms with Crippen molar-refractivity contribution in [2.75, 3.05) is 39.3 Å².